The number of fused-ring (bicyclic) bond motifs is 1. The van der Waals surface area contributed by atoms with Crippen LogP contribution in [0.15, 0.2) is 56.1 Å². The Morgan fingerprint density at radius 3 is 2.57 bits per heavy atom. The summed E-state index contributed by atoms with van der Waals surface area (Å²) < 4.78 is 5.91. The van der Waals surface area contributed by atoms with Gasteiger partial charge in [0.15, 0.2) is 5.56 Å². The Hall–Kier alpha value is -2.31. The quantitative estimate of drug-likeness (QED) is 0.640. The second-order valence-corrected chi connectivity index (χ2v) is 6.01. The molecule has 0 radical (unpaired) electrons. The van der Waals surface area contributed by atoms with E-state index in [1.807, 2.05) is 0 Å². The molecule has 2 N–H and O–H groups in total. The highest BCUT2D eigenvalue weighted by molar-refractivity contribution is 9.10. The van der Waals surface area contributed by atoms with Gasteiger partial charge in [-0.15, -0.1) is 0 Å². The fourth-order valence-corrected chi connectivity index (χ4v) is 2.64. The minimum absolute atomic E-state index is 0.111. The number of carbonyl (C=O) groups is 1. The zero-order valence-electron chi connectivity index (χ0n) is 11.5. The summed E-state index contributed by atoms with van der Waals surface area (Å²) in [4.78, 5) is 24.3. The SMILES string of the molecule is O=C(Nc1ccc(Br)cc1)c1c(O)c2c(Cl)cccc2oc1=O. The van der Waals surface area contributed by atoms with Crippen molar-refractivity contribution < 1.29 is 14.3 Å². The number of benzene rings is 2. The molecule has 0 spiro atoms. The van der Waals surface area contributed by atoms with Crippen LogP contribution in [-0.4, -0.2) is 11.0 Å². The zero-order chi connectivity index (χ0) is 16.6. The lowest BCUT2D eigenvalue weighted by Crippen LogP contribution is -2.21. The lowest BCUT2D eigenvalue weighted by atomic mass is 10.1. The maximum Gasteiger partial charge on any atom is 0.353 e. The Labute approximate surface area is 143 Å². The van der Waals surface area contributed by atoms with Crippen LogP contribution in [0.1, 0.15) is 10.4 Å². The van der Waals surface area contributed by atoms with Gasteiger partial charge < -0.3 is 14.8 Å². The van der Waals surface area contributed by atoms with Gasteiger partial charge in [-0.2, -0.15) is 0 Å². The molecule has 0 aliphatic heterocycles. The fourth-order valence-electron chi connectivity index (χ4n) is 2.12. The monoisotopic (exact) mass is 393 g/mol. The molecule has 1 heterocycles. The summed E-state index contributed by atoms with van der Waals surface area (Å²) in [5.41, 5.74) is -0.850. The highest BCUT2D eigenvalue weighted by Gasteiger charge is 2.22. The van der Waals surface area contributed by atoms with Gasteiger partial charge in [-0.25, -0.2) is 4.79 Å². The third-order valence-corrected chi connectivity index (χ3v) is 4.03. The summed E-state index contributed by atoms with van der Waals surface area (Å²) in [6.07, 6.45) is 0. The molecular weight excluding hydrogens is 386 g/mol. The van der Waals surface area contributed by atoms with Crippen molar-refractivity contribution in [3.63, 3.8) is 0 Å². The van der Waals surface area contributed by atoms with E-state index in [-0.39, 0.29) is 16.0 Å². The Morgan fingerprint density at radius 2 is 1.87 bits per heavy atom. The van der Waals surface area contributed by atoms with Crippen molar-refractivity contribution in [2.75, 3.05) is 5.32 Å². The number of amides is 1. The molecule has 2 aromatic carbocycles. The number of aromatic hydroxyl groups is 1. The number of anilines is 1. The van der Waals surface area contributed by atoms with Crippen LogP contribution in [0.4, 0.5) is 5.69 Å². The molecule has 7 heteroatoms. The first-order valence-electron chi connectivity index (χ1n) is 6.48. The summed E-state index contributed by atoms with van der Waals surface area (Å²) in [6, 6.07) is 11.3. The van der Waals surface area contributed by atoms with E-state index < -0.39 is 22.8 Å². The Morgan fingerprint density at radius 1 is 1.17 bits per heavy atom. The molecule has 0 bridgehead atoms. The predicted octanol–water partition coefficient (Wildman–Crippen LogP) is 4.17. The molecule has 0 aliphatic rings. The molecular formula is C16H9BrClNO4. The summed E-state index contributed by atoms with van der Waals surface area (Å²) in [6.45, 7) is 0. The number of halogens is 2. The van der Waals surface area contributed by atoms with Crippen molar-refractivity contribution in [3.05, 3.63) is 67.9 Å². The van der Waals surface area contributed by atoms with Crippen LogP contribution >= 0.6 is 27.5 Å². The van der Waals surface area contributed by atoms with E-state index in [9.17, 15) is 14.7 Å². The first-order chi connectivity index (χ1) is 11.0. The Kier molecular flexibility index (Phi) is 4.11. The smallest absolute Gasteiger partial charge is 0.353 e. The summed E-state index contributed by atoms with van der Waals surface area (Å²) in [7, 11) is 0. The molecule has 0 aliphatic carbocycles. The Bertz CT molecular complexity index is 966. The maximum atomic E-state index is 12.3. The average molecular weight is 395 g/mol. The van der Waals surface area contributed by atoms with Crippen LogP contribution in [0.25, 0.3) is 11.0 Å². The van der Waals surface area contributed by atoms with Gasteiger partial charge in [-0.1, -0.05) is 33.6 Å². The third-order valence-electron chi connectivity index (χ3n) is 3.18. The van der Waals surface area contributed by atoms with Crippen LogP contribution in [0.2, 0.25) is 5.02 Å². The minimum atomic E-state index is -0.938. The molecule has 3 aromatic rings. The average Bonchev–Trinajstić information content (AvgIpc) is 2.49. The van der Waals surface area contributed by atoms with E-state index >= 15 is 0 Å². The van der Waals surface area contributed by atoms with Gasteiger partial charge >= 0.3 is 5.63 Å². The van der Waals surface area contributed by atoms with Crippen molar-refractivity contribution in [1.82, 2.24) is 0 Å². The van der Waals surface area contributed by atoms with E-state index in [1.165, 1.54) is 12.1 Å². The van der Waals surface area contributed by atoms with E-state index in [0.717, 1.165) is 4.47 Å². The second-order valence-electron chi connectivity index (χ2n) is 4.69. The number of nitrogens with one attached hydrogen (secondary N) is 1. The molecule has 5 nitrogen and oxygen atoms in total. The molecule has 1 amide bonds. The van der Waals surface area contributed by atoms with E-state index in [2.05, 4.69) is 21.2 Å². The van der Waals surface area contributed by atoms with Crippen molar-refractivity contribution in [2.45, 2.75) is 0 Å². The first kappa shape index (κ1) is 15.6. The standard InChI is InChI=1S/C16H9BrClNO4/c17-8-4-6-9(7-5-8)19-15(21)13-14(20)12-10(18)2-1-3-11(12)23-16(13)22/h1-7,20H,(H,19,21). The molecule has 0 fully saturated rings. The molecule has 1 aromatic heterocycles. The summed E-state index contributed by atoms with van der Waals surface area (Å²) in [5.74, 6) is -1.28. The van der Waals surface area contributed by atoms with Gasteiger partial charge in [-0.3, -0.25) is 4.79 Å². The fraction of sp³-hybridized carbons (Fsp3) is 0. The minimum Gasteiger partial charge on any atom is -0.506 e. The number of carbonyl (C=O) groups excluding carboxylic acids is 1. The topological polar surface area (TPSA) is 79.5 Å². The third kappa shape index (κ3) is 2.95. The van der Waals surface area contributed by atoms with Crippen molar-refractivity contribution in [2.24, 2.45) is 0 Å². The van der Waals surface area contributed by atoms with Crippen LogP contribution in [0.5, 0.6) is 5.75 Å². The molecule has 0 saturated carbocycles. The van der Waals surface area contributed by atoms with Crippen LogP contribution in [0, 0.1) is 0 Å². The largest absolute Gasteiger partial charge is 0.506 e. The number of hydrogen-bond donors (Lipinski definition) is 2. The highest BCUT2D eigenvalue weighted by Crippen LogP contribution is 2.32. The molecule has 0 saturated heterocycles. The van der Waals surface area contributed by atoms with Crippen molar-refractivity contribution in [1.29, 1.82) is 0 Å². The molecule has 23 heavy (non-hydrogen) atoms. The highest BCUT2D eigenvalue weighted by atomic mass is 79.9. The Balaban J connectivity index is 2.08. The van der Waals surface area contributed by atoms with Gasteiger partial charge in [0.25, 0.3) is 5.91 Å². The van der Waals surface area contributed by atoms with Gasteiger partial charge in [0, 0.05) is 10.2 Å². The number of hydrogen-bond acceptors (Lipinski definition) is 4. The van der Waals surface area contributed by atoms with Gasteiger partial charge in [-0.05, 0) is 36.4 Å². The summed E-state index contributed by atoms with van der Waals surface area (Å²) in [5, 5.41) is 13.1. The second kappa shape index (κ2) is 6.06. The van der Waals surface area contributed by atoms with E-state index in [0.29, 0.717) is 5.69 Å². The normalized spacial score (nSPS) is 10.7. The van der Waals surface area contributed by atoms with Crippen LogP contribution in [0.3, 0.4) is 0 Å². The van der Waals surface area contributed by atoms with Crippen molar-refractivity contribution >= 4 is 50.1 Å². The molecule has 0 unspecified atom stereocenters. The van der Waals surface area contributed by atoms with E-state index in [4.69, 9.17) is 16.0 Å². The first-order valence-corrected chi connectivity index (χ1v) is 7.65. The molecule has 116 valence electrons. The number of rotatable bonds is 2. The van der Waals surface area contributed by atoms with Gasteiger partial charge in [0.1, 0.15) is 11.3 Å². The molecule has 0 atom stereocenters. The zero-order valence-corrected chi connectivity index (χ0v) is 13.8. The molecule has 3 rings (SSSR count). The van der Waals surface area contributed by atoms with Crippen LogP contribution in [-0.2, 0) is 0 Å². The predicted molar refractivity (Wildman–Crippen MR) is 91.3 cm³/mol. The van der Waals surface area contributed by atoms with Gasteiger partial charge in [0.2, 0.25) is 0 Å². The lowest BCUT2D eigenvalue weighted by Gasteiger charge is -2.08. The van der Waals surface area contributed by atoms with Crippen molar-refractivity contribution in [3.8, 4) is 5.75 Å². The van der Waals surface area contributed by atoms with E-state index in [1.54, 1.807) is 30.3 Å². The summed E-state index contributed by atoms with van der Waals surface area (Å²) >= 11 is 9.29. The lowest BCUT2D eigenvalue weighted by molar-refractivity contribution is 0.102. The van der Waals surface area contributed by atoms with Crippen LogP contribution < -0.4 is 10.9 Å². The van der Waals surface area contributed by atoms with Gasteiger partial charge in [0.05, 0.1) is 10.4 Å². The maximum absolute atomic E-state index is 12.3.